The molecular formula is C16H19NO. The maximum absolute atomic E-state index is 8.85. The highest BCUT2D eigenvalue weighted by atomic mass is 16.5. The van der Waals surface area contributed by atoms with Crippen molar-refractivity contribution in [1.29, 1.82) is 5.26 Å². The number of hydrogen-bond donors (Lipinski definition) is 0. The minimum absolute atomic E-state index is 0.101. The molecule has 1 aromatic carbocycles. The molecule has 18 heavy (non-hydrogen) atoms. The molecule has 1 aliphatic carbocycles. The lowest BCUT2D eigenvalue weighted by molar-refractivity contribution is 0.111. The van der Waals surface area contributed by atoms with Gasteiger partial charge in [-0.2, -0.15) is 5.26 Å². The van der Waals surface area contributed by atoms with E-state index >= 15 is 0 Å². The Hall–Kier alpha value is -1.59. The van der Waals surface area contributed by atoms with Crippen LogP contribution in [0.4, 0.5) is 0 Å². The lowest BCUT2D eigenvalue weighted by atomic mass is 9.69. The average Bonchev–Trinajstić information content (AvgIpc) is 2.42. The van der Waals surface area contributed by atoms with Gasteiger partial charge >= 0.3 is 0 Å². The Labute approximate surface area is 109 Å². The van der Waals surface area contributed by atoms with Crippen molar-refractivity contribution in [1.82, 2.24) is 0 Å². The molecule has 0 amide bonds. The number of ether oxygens (including phenoxy) is 1. The van der Waals surface area contributed by atoms with Crippen molar-refractivity contribution < 1.29 is 4.74 Å². The van der Waals surface area contributed by atoms with E-state index in [0.29, 0.717) is 5.56 Å². The summed E-state index contributed by atoms with van der Waals surface area (Å²) < 4.78 is 5.44. The second-order valence-electron chi connectivity index (χ2n) is 5.15. The molecule has 0 radical (unpaired) electrons. The van der Waals surface area contributed by atoms with Crippen LogP contribution in [0.5, 0.6) is 0 Å². The van der Waals surface area contributed by atoms with Gasteiger partial charge in [0.05, 0.1) is 18.2 Å². The minimum Gasteiger partial charge on any atom is -0.384 e. The van der Waals surface area contributed by atoms with Gasteiger partial charge in [-0.25, -0.2) is 0 Å². The number of rotatable bonds is 3. The molecule has 2 rings (SSSR count). The van der Waals surface area contributed by atoms with Crippen LogP contribution in [0.1, 0.15) is 36.8 Å². The summed E-state index contributed by atoms with van der Waals surface area (Å²) in [6.07, 6.45) is 4.32. The van der Waals surface area contributed by atoms with Crippen molar-refractivity contribution in [3.05, 3.63) is 47.5 Å². The van der Waals surface area contributed by atoms with Crippen LogP contribution in [-0.2, 0) is 10.2 Å². The van der Waals surface area contributed by atoms with Crippen LogP contribution in [0, 0.1) is 11.3 Å². The number of benzene rings is 1. The second kappa shape index (κ2) is 5.37. The lowest BCUT2D eigenvalue weighted by Crippen LogP contribution is -2.34. The number of nitrogens with zero attached hydrogens (tertiary/aromatic N) is 1. The predicted molar refractivity (Wildman–Crippen MR) is 72.3 cm³/mol. The third-order valence-corrected chi connectivity index (χ3v) is 3.96. The van der Waals surface area contributed by atoms with E-state index in [9.17, 15) is 0 Å². The van der Waals surface area contributed by atoms with E-state index in [1.54, 1.807) is 7.11 Å². The van der Waals surface area contributed by atoms with E-state index in [4.69, 9.17) is 10.00 Å². The average molecular weight is 241 g/mol. The fourth-order valence-electron chi connectivity index (χ4n) is 2.77. The molecule has 1 saturated carbocycles. The summed E-state index contributed by atoms with van der Waals surface area (Å²) in [5, 5.41) is 8.85. The SMILES string of the molecule is C=C1CCC(COC)(c2ccc(C#N)cc2)CC1. The fraction of sp³-hybridized carbons (Fsp3) is 0.438. The van der Waals surface area contributed by atoms with E-state index in [-0.39, 0.29) is 5.41 Å². The fourth-order valence-corrected chi connectivity index (χ4v) is 2.77. The Morgan fingerprint density at radius 1 is 1.28 bits per heavy atom. The predicted octanol–water partition coefficient (Wildman–Crippen LogP) is 3.57. The van der Waals surface area contributed by atoms with E-state index in [1.165, 1.54) is 11.1 Å². The van der Waals surface area contributed by atoms with Crippen LogP contribution < -0.4 is 0 Å². The third kappa shape index (κ3) is 2.47. The van der Waals surface area contributed by atoms with Gasteiger partial charge in [-0.1, -0.05) is 24.3 Å². The maximum Gasteiger partial charge on any atom is 0.0991 e. The van der Waals surface area contributed by atoms with Crippen molar-refractivity contribution >= 4 is 0 Å². The van der Waals surface area contributed by atoms with Gasteiger partial charge in [0.2, 0.25) is 0 Å². The van der Waals surface area contributed by atoms with E-state index < -0.39 is 0 Å². The van der Waals surface area contributed by atoms with Crippen LogP contribution in [-0.4, -0.2) is 13.7 Å². The molecular weight excluding hydrogens is 222 g/mol. The van der Waals surface area contributed by atoms with E-state index in [0.717, 1.165) is 32.3 Å². The molecule has 0 spiro atoms. The molecule has 0 aromatic heterocycles. The van der Waals surface area contributed by atoms with Crippen LogP contribution in [0.25, 0.3) is 0 Å². The van der Waals surface area contributed by atoms with Gasteiger partial charge in [-0.05, 0) is 43.4 Å². The zero-order chi connectivity index (χ0) is 13.0. The monoisotopic (exact) mass is 241 g/mol. The Balaban J connectivity index is 2.28. The normalized spacial score (nSPS) is 18.3. The first-order chi connectivity index (χ1) is 8.70. The number of nitriles is 1. The molecule has 0 bridgehead atoms. The van der Waals surface area contributed by atoms with Gasteiger partial charge in [0.25, 0.3) is 0 Å². The Morgan fingerprint density at radius 3 is 2.39 bits per heavy atom. The first-order valence-electron chi connectivity index (χ1n) is 6.36. The smallest absolute Gasteiger partial charge is 0.0991 e. The highest BCUT2D eigenvalue weighted by molar-refractivity contribution is 5.36. The van der Waals surface area contributed by atoms with Crippen LogP contribution in [0.3, 0.4) is 0 Å². The molecule has 2 heteroatoms. The van der Waals surface area contributed by atoms with E-state index in [1.807, 2.05) is 12.1 Å². The van der Waals surface area contributed by atoms with Gasteiger partial charge < -0.3 is 4.74 Å². The van der Waals surface area contributed by atoms with Crippen LogP contribution >= 0.6 is 0 Å². The molecule has 0 unspecified atom stereocenters. The summed E-state index contributed by atoms with van der Waals surface area (Å²) in [6, 6.07) is 10.1. The van der Waals surface area contributed by atoms with Crippen molar-refractivity contribution in [2.24, 2.45) is 0 Å². The van der Waals surface area contributed by atoms with Crippen molar-refractivity contribution in [3.8, 4) is 6.07 Å². The first-order valence-corrected chi connectivity index (χ1v) is 6.36. The molecule has 0 saturated heterocycles. The molecule has 0 atom stereocenters. The highest BCUT2D eigenvalue weighted by Crippen LogP contribution is 2.41. The molecule has 0 heterocycles. The number of allylic oxidation sites excluding steroid dienone is 1. The summed E-state index contributed by atoms with van der Waals surface area (Å²) >= 11 is 0. The van der Waals surface area contributed by atoms with Gasteiger partial charge in [0, 0.05) is 12.5 Å². The van der Waals surface area contributed by atoms with Crippen LogP contribution in [0.2, 0.25) is 0 Å². The zero-order valence-electron chi connectivity index (χ0n) is 10.9. The van der Waals surface area contributed by atoms with Gasteiger partial charge in [-0.15, -0.1) is 0 Å². The van der Waals surface area contributed by atoms with Gasteiger partial charge in [-0.3, -0.25) is 0 Å². The lowest BCUT2D eigenvalue weighted by Gasteiger charge is -2.38. The summed E-state index contributed by atoms with van der Waals surface area (Å²) in [6.45, 7) is 4.82. The molecule has 0 aliphatic heterocycles. The van der Waals surface area contributed by atoms with Crippen molar-refractivity contribution in [3.63, 3.8) is 0 Å². The molecule has 1 aromatic rings. The quantitative estimate of drug-likeness (QED) is 0.758. The third-order valence-electron chi connectivity index (χ3n) is 3.96. The Kier molecular flexibility index (Phi) is 3.84. The van der Waals surface area contributed by atoms with Gasteiger partial charge in [0.15, 0.2) is 0 Å². The summed E-state index contributed by atoms with van der Waals surface area (Å²) in [4.78, 5) is 0. The molecule has 2 nitrogen and oxygen atoms in total. The molecule has 0 N–H and O–H groups in total. The van der Waals surface area contributed by atoms with Crippen molar-refractivity contribution in [2.75, 3.05) is 13.7 Å². The van der Waals surface area contributed by atoms with Gasteiger partial charge in [0.1, 0.15) is 0 Å². The first kappa shape index (κ1) is 12.9. The topological polar surface area (TPSA) is 33.0 Å². The summed E-state index contributed by atoms with van der Waals surface area (Å²) in [5.41, 5.74) is 3.45. The zero-order valence-corrected chi connectivity index (χ0v) is 10.9. The number of methoxy groups -OCH3 is 1. The summed E-state index contributed by atoms with van der Waals surface area (Å²) in [5.74, 6) is 0. The Morgan fingerprint density at radius 2 is 1.89 bits per heavy atom. The summed E-state index contributed by atoms with van der Waals surface area (Å²) in [7, 11) is 1.76. The minimum atomic E-state index is 0.101. The molecule has 1 aliphatic rings. The van der Waals surface area contributed by atoms with Crippen LogP contribution in [0.15, 0.2) is 36.4 Å². The van der Waals surface area contributed by atoms with Crippen molar-refractivity contribution in [2.45, 2.75) is 31.1 Å². The number of hydrogen-bond acceptors (Lipinski definition) is 2. The maximum atomic E-state index is 8.85. The largest absolute Gasteiger partial charge is 0.384 e. The second-order valence-corrected chi connectivity index (χ2v) is 5.15. The highest BCUT2D eigenvalue weighted by Gasteiger charge is 2.34. The Bertz CT molecular complexity index is 457. The molecule has 94 valence electrons. The van der Waals surface area contributed by atoms with E-state index in [2.05, 4.69) is 24.8 Å². The standard InChI is InChI=1S/C16H19NO/c1-13-7-9-16(10-8-13,12-18-2)15-5-3-14(11-17)4-6-15/h3-6H,1,7-10,12H2,2H3. The molecule has 1 fully saturated rings.